The fourth-order valence-electron chi connectivity index (χ4n) is 2.72. The number of rotatable bonds is 9. The number of H-pyrrole nitrogens is 1. The van der Waals surface area contributed by atoms with Crippen LogP contribution in [0, 0.1) is 5.41 Å². The van der Waals surface area contributed by atoms with Crippen LogP contribution in [0.3, 0.4) is 0 Å². The van der Waals surface area contributed by atoms with Gasteiger partial charge in [-0.3, -0.25) is 4.79 Å². The molecule has 2 rings (SSSR count). The summed E-state index contributed by atoms with van der Waals surface area (Å²) in [5.41, 5.74) is 1.73. The maximum atomic E-state index is 12.0. The van der Waals surface area contributed by atoms with Crippen LogP contribution < -0.4 is 5.32 Å². The minimum absolute atomic E-state index is 0.0219. The number of para-hydroxylation sites is 1. The van der Waals surface area contributed by atoms with Crippen LogP contribution in [0.4, 0.5) is 0 Å². The number of amides is 1. The first-order valence-electron chi connectivity index (χ1n) is 8.05. The molecule has 122 valence electrons. The van der Waals surface area contributed by atoms with Crippen molar-refractivity contribution in [1.82, 2.24) is 10.3 Å². The quantitative estimate of drug-likeness (QED) is 0.551. The molecule has 4 nitrogen and oxygen atoms in total. The molecule has 0 spiro atoms. The van der Waals surface area contributed by atoms with Crippen LogP contribution in [-0.2, 0) is 16.0 Å². The maximum Gasteiger partial charge on any atom is 0.220 e. The Kier molecular flexibility index (Phi) is 5.74. The van der Waals surface area contributed by atoms with Crippen molar-refractivity contribution < 1.29 is 9.59 Å². The smallest absolute Gasteiger partial charge is 0.220 e. The zero-order valence-corrected chi connectivity index (χ0v) is 13.6. The summed E-state index contributed by atoms with van der Waals surface area (Å²) in [5, 5.41) is 4.12. The van der Waals surface area contributed by atoms with Crippen LogP contribution >= 0.6 is 0 Å². The Morgan fingerprint density at radius 1 is 1.39 bits per heavy atom. The predicted molar refractivity (Wildman–Crippen MR) is 93.2 cm³/mol. The van der Waals surface area contributed by atoms with Crippen LogP contribution in [0.25, 0.3) is 10.9 Å². The SMILES string of the molecule is C=C[C@](C=O)(CC)CCC(=O)NCCc1c[nH]c2ccccc12. The van der Waals surface area contributed by atoms with Crippen LogP contribution in [0.1, 0.15) is 31.7 Å². The molecule has 0 saturated carbocycles. The molecule has 0 saturated heterocycles. The van der Waals surface area contributed by atoms with Crippen molar-refractivity contribution >= 4 is 23.1 Å². The highest BCUT2D eigenvalue weighted by atomic mass is 16.1. The molecular weight excluding hydrogens is 288 g/mol. The van der Waals surface area contributed by atoms with Crippen molar-refractivity contribution in [2.75, 3.05) is 6.54 Å². The van der Waals surface area contributed by atoms with E-state index >= 15 is 0 Å². The van der Waals surface area contributed by atoms with Crippen LogP contribution in [0.15, 0.2) is 43.1 Å². The van der Waals surface area contributed by atoms with Crippen molar-refractivity contribution in [3.05, 3.63) is 48.7 Å². The monoisotopic (exact) mass is 312 g/mol. The van der Waals surface area contributed by atoms with Crippen molar-refractivity contribution in [2.24, 2.45) is 5.41 Å². The number of hydrogen-bond acceptors (Lipinski definition) is 2. The topological polar surface area (TPSA) is 62.0 Å². The second kappa shape index (κ2) is 7.77. The van der Waals surface area contributed by atoms with Gasteiger partial charge in [-0.05, 0) is 30.9 Å². The van der Waals surface area contributed by atoms with Gasteiger partial charge in [-0.25, -0.2) is 0 Å². The molecule has 2 aromatic rings. The third-order valence-electron chi connectivity index (χ3n) is 4.51. The zero-order valence-electron chi connectivity index (χ0n) is 13.6. The summed E-state index contributed by atoms with van der Waals surface area (Å²) >= 11 is 0. The lowest BCUT2D eigenvalue weighted by Gasteiger charge is -2.21. The Morgan fingerprint density at radius 3 is 2.87 bits per heavy atom. The molecule has 0 aliphatic heterocycles. The second-order valence-electron chi connectivity index (χ2n) is 5.87. The van der Waals surface area contributed by atoms with E-state index in [2.05, 4.69) is 22.9 Å². The van der Waals surface area contributed by atoms with Gasteiger partial charge in [0.2, 0.25) is 5.91 Å². The molecular formula is C19H24N2O2. The average Bonchev–Trinajstić information content (AvgIpc) is 3.00. The summed E-state index contributed by atoms with van der Waals surface area (Å²) in [7, 11) is 0. The molecule has 1 heterocycles. The minimum Gasteiger partial charge on any atom is -0.361 e. The number of aldehydes is 1. The van der Waals surface area contributed by atoms with Gasteiger partial charge in [0.15, 0.2) is 0 Å². The summed E-state index contributed by atoms with van der Waals surface area (Å²) in [5.74, 6) is -0.0219. The molecule has 23 heavy (non-hydrogen) atoms. The Balaban J connectivity index is 1.81. The summed E-state index contributed by atoms with van der Waals surface area (Å²) in [6.07, 6.45) is 6.84. The number of carbonyl (C=O) groups excluding carboxylic acids is 2. The lowest BCUT2D eigenvalue weighted by Crippen LogP contribution is -2.28. The van der Waals surface area contributed by atoms with Crippen LogP contribution in [-0.4, -0.2) is 23.7 Å². The number of fused-ring (bicyclic) bond motifs is 1. The molecule has 0 bridgehead atoms. The van der Waals surface area contributed by atoms with Gasteiger partial charge < -0.3 is 15.1 Å². The van der Waals surface area contributed by atoms with Gasteiger partial charge in [-0.15, -0.1) is 6.58 Å². The van der Waals surface area contributed by atoms with E-state index in [0.717, 1.165) is 18.2 Å². The molecule has 0 aliphatic rings. The number of hydrogen-bond donors (Lipinski definition) is 2. The lowest BCUT2D eigenvalue weighted by molar-refractivity contribution is -0.122. The van der Waals surface area contributed by atoms with E-state index in [1.165, 1.54) is 10.9 Å². The molecule has 0 radical (unpaired) electrons. The first-order valence-corrected chi connectivity index (χ1v) is 8.05. The molecule has 1 amide bonds. The number of aromatic amines is 1. The van der Waals surface area contributed by atoms with Gasteiger partial charge in [0.05, 0.1) is 0 Å². The Labute approximate surface area is 137 Å². The molecule has 0 fully saturated rings. The molecule has 4 heteroatoms. The summed E-state index contributed by atoms with van der Waals surface area (Å²) in [6.45, 7) is 6.24. The second-order valence-corrected chi connectivity index (χ2v) is 5.87. The van der Waals surface area contributed by atoms with Crippen molar-refractivity contribution in [1.29, 1.82) is 0 Å². The van der Waals surface area contributed by atoms with Crippen LogP contribution in [0.5, 0.6) is 0 Å². The number of aromatic nitrogens is 1. The number of carbonyl (C=O) groups is 2. The van der Waals surface area contributed by atoms with Gasteiger partial charge in [0, 0.05) is 35.5 Å². The zero-order chi connectivity index (χ0) is 16.7. The van der Waals surface area contributed by atoms with E-state index in [1.807, 2.05) is 31.3 Å². The molecule has 1 aromatic carbocycles. The van der Waals surface area contributed by atoms with E-state index in [0.29, 0.717) is 25.8 Å². The largest absolute Gasteiger partial charge is 0.361 e. The first kappa shape index (κ1) is 17.0. The highest BCUT2D eigenvalue weighted by Gasteiger charge is 2.24. The molecule has 2 N–H and O–H groups in total. The normalized spacial score (nSPS) is 13.4. The Morgan fingerprint density at radius 2 is 2.17 bits per heavy atom. The molecule has 0 unspecified atom stereocenters. The average molecular weight is 312 g/mol. The molecule has 0 aliphatic carbocycles. The summed E-state index contributed by atoms with van der Waals surface area (Å²) in [4.78, 5) is 26.4. The minimum atomic E-state index is -0.575. The van der Waals surface area contributed by atoms with Gasteiger partial charge in [0.25, 0.3) is 0 Å². The third kappa shape index (κ3) is 4.09. The van der Waals surface area contributed by atoms with Crippen LogP contribution in [0.2, 0.25) is 0 Å². The fraction of sp³-hybridized carbons (Fsp3) is 0.368. The number of benzene rings is 1. The van der Waals surface area contributed by atoms with Crippen molar-refractivity contribution in [2.45, 2.75) is 32.6 Å². The highest BCUT2D eigenvalue weighted by Crippen LogP contribution is 2.26. The molecule has 1 aromatic heterocycles. The van der Waals surface area contributed by atoms with E-state index in [9.17, 15) is 9.59 Å². The maximum absolute atomic E-state index is 12.0. The van der Waals surface area contributed by atoms with Gasteiger partial charge in [0.1, 0.15) is 6.29 Å². The lowest BCUT2D eigenvalue weighted by atomic mass is 9.82. The number of nitrogens with one attached hydrogen (secondary N) is 2. The van der Waals surface area contributed by atoms with E-state index in [1.54, 1.807) is 6.08 Å². The summed E-state index contributed by atoms with van der Waals surface area (Å²) in [6, 6.07) is 8.12. The van der Waals surface area contributed by atoms with E-state index in [-0.39, 0.29) is 5.91 Å². The molecule has 1 atom stereocenters. The number of allylic oxidation sites excluding steroid dienone is 1. The predicted octanol–water partition coefficient (Wildman–Crippen LogP) is 3.39. The van der Waals surface area contributed by atoms with Crippen molar-refractivity contribution in [3.8, 4) is 0 Å². The Hall–Kier alpha value is -2.36. The van der Waals surface area contributed by atoms with E-state index < -0.39 is 5.41 Å². The summed E-state index contributed by atoms with van der Waals surface area (Å²) < 4.78 is 0. The van der Waals surface area contributed by atoms with Gasteiger partial charge >= 0.3 is 0 Å². The van der Waals surface area contributed by atoms with Gasteiger partial charge in [-0.2, -0.15) is 0 Å². The fourth-order valence-corrected chi connectivity index (χ4v) is 2.72. The van der Waals surface area contributed by atoms with Crippen molar-refractivity contribution in [3.63, 3.8) is 0 Å². The third-order valence-corrected chi connectivity index (χ3v) is 4.51. The first-order chi connectivity index (χ1) is 11.1. The highest BCUT2D eigenvalue weighted by molar-refractivity contribution is 5.83. The standard InChI is InChI=1S/C19H24N2O2/c1-3-19(4-2,14-22)11-9-18(23)20-12-10-15-13-21-17-8-6-5-7-16(15)17/h3,5-8,13-14,21H,1,4,9-12H2,2H3,(H,20,23)/t19-/m0/s1. The van der Waals surface area contributed by atoms with Gasteiger partial charge in [-0.1, -0.05) is 31.2 Å². The Bertz CT molecular complexity index is 679. The van der Waals surface area contributed by atoms with E-state index in [4.69, 9.17) is 0 Å².